The summed E-state index contributed by atoms with van der Waals surface area (Å²) in [4.78, 5) is 18.3. The zero-order valence-corrected chi connectivity index (χ0v) is 18.2. The van der Waals surface area contributed by atoms with Crippen LogP contribution >= 0.6 is 0 Å². The Morgan fingerprint density at radius 2 is 2.09 bits per heavy atom. The lowest BCUT2D eigenvalue weighted by molar-refractivity contribution is -0.139. The van der Waals surface area contributed by atoms with Crippen LogP contribution < -0.4 is 10.6 Å². The predicted octanol–water partition coefficient (Wildman–Crippen LogP) is 3.40. The molecule has 2 aliphatic rings. The molecule has 0 spiro atoms. The van der Waals surface area contributed by atoms with E-state index in [1.807, 2.05) is 13.1 Å². The van der Waals surface area contributed by atoms with Gasteiger partial charge >= 0.3 is 6.18 Å². The lowest BCUT2D eigenvalue weighted by atomic mass is 10.1. The van der Waals surface area contributed by atoms with Crippen molar-refractivity contribution < 1.29 is 22.5 Å². The van der Waals surface area contributed by atoms with E-state index in [2.05, 4.69) is 25.7 Å². The Kier molecular flexibility index (Phi) is 5.51. The van der Waals surface area contributed by atoms with Crippen molar-refractivity contribution in [2.75, 3.05) is 25.5 Å². The van der Waals surface area contributed by atoms with E-state index in [0.29, 0.717) is 10.9 Å². The van der Waals surface area contributed by atoms with Gasteiger partial charge in [-0.15, -0.1) is 0 Å². The Morgan fingerprint density at radius 1 is 1.27 bits per heavy atom. The van der Waals surface area contributed by atoms with Gasteiger partial charge in [0.2, 0.25) is 17.6 Å². The van der Waals surface area contributed by atoms with E-state index in [1.165, 1.54) is 4.57 Å². The molecule has 5 rings (SSSR count). The van der Waals surface area contributed by atoms with Crippen molar-refractivity contribution in [2.24, 2.45) is 5.92 Å². The van der Waals surface area contributed by atoms with Crippen LogP contribution in [0.4, 0.5) is 18.9 Å². The number of halogens is 3. The maximum Gasteiger partial charge on any atom is 0.406 e. The SMILES string of the molecule is CN1CC[C@@H](Nc2cccc3c2cc(-c2noc(CNC(=O)C4CC4)n2)n3CC(F)(F)F)C1. The molecule has 33 heavy (non-hydrogen) atoms. The average molecular weight is 462 g/mol. The van der Waals surface area contributed by atoms with Crippen LogP contribution in [0.15, 0.2) is 28.8 Å². The van der Waals surface area contributed by atoms with Gasteiger partial charge in [-0.3, -0.25) is 4.79 Å². The second-order valence-electron chi connectivity index (χ2n) is 8.87. The molecule has 1 saturated heterocycles. The number of carbonyl (C=O) groups excluding carboxylic acids is 1. The molecular weight excluding hydrogens is 437 g/mol. The van der Waals surface area contributed by atoms with E-state index in [-0.39, 0.29) is 41.8 Å². The minimum absolute atomic E-state index is 0.0345. The van der Waals surface area contributed by atoms with Gasteiger partial charge in [-0.05, 0) is 51.1 Å². The second kappa shape index (κ2) is 8.36. The highest BCUT2D eigenvalue weighted by Crippen LogP contribution is 2.35. The summed E-state index contributed by atoms with van der Waals surface area (Å²) < 4.78 is 46.7. The first kappa shape index (κ1) is 21.7. The molecule has 0 unspecified atom stereocenters. The first-order valence-corrected chi connectivity index (χ1v) is 11.0. The van der Waals surface area contributed by atoms with Gasteiger partial charge in [-0.25, -0.2) is 0 Å². The van der Waals surface area contributed by atoms with Crippen LogP contribution in [-0.2, 0) is 17.9 Å². The molecule has 2 aromatic heterocycles. The van der Waals surface area contributed by atoms with E-state index in [9.17, 15) is 18.0 Å². The first-order valence-electron chi connectivity index (χ1n) is 11.0. The van der Waals surface area contributed by atoms with Crippen molar-refractivity contribution in [3.63, 3.8) is 0 Å². The van der Waals surface area contributed by atoms with Crippen LogP contribution in [0, 0.1) is 5.92 Å². The average Bonchev–Trinajstić information content (AvgIpc) is 3.20. The Morgan fingerprint density at radius 3 is 2.79 bits per heavy atom. The molecule has 2 fully saturated rings. The summed E-state index contributed by atoms with van der Waals surface area (Å²) in [6, 6.07) is 7.17. The fourth-order valence-electron chi connectivity index (χ4n) is 4.30. The number of alkyl halides is 3. The fraction of sp³-hybridized carbons (Fsp3) is 0.500. The van der Waals surface area contributed by atoms with Crippen molar-refractivity contribution in [3.8, 4) is 11.5 Å². The third-order valence-corrected chi connectivity index (χ3v) is 6.09. The number of likely N-dealkylation sites (N-methyl/N-ethyl adjacent to an activating group) is 1. The number of aromatic nitrogens is 3. The molecule has 1 aromatic carbocycles. The van der Waals surface area contributed by atoms with Crippen LogP contribution in [0.25, 0.3) is 22.4 Å². The first-order chi connectivity index (χ1) is 15.8. The molecule has 1 amide bonds. The van der Waals surface area contributed by atoms with Gasteiger partial charge in [0.25, 0.3) is 0 Å². The summed E-state index contributed by atoms with van der Waals surface area (Å²) >= 11 is 0. The van der Waals surface area contributed by atoms with E-state index in [4.69, 9.17) is 4.52 Å². The molecule has 0 bridgehead atoms. The second-order valence-corrected chi connectivity index (χ2v) is 8.87. The highest BCUT2D eigenvalue weighted by molar-refractivity contribution is 5.96. The molecule has 176 valence electrons. The molecule has 0 radical (unpaired) electrons. The van der Waals surface area contributed by atoms with Gasteiger partial charge in [0.15, 0.2) is 0 Å². The topological polar surface area (TPSA) is 88.2 Å². The predicted molar refractivity (Wildman–Crippen MR) is 115 cm³/mol. The number of nitrogens with zero attached hydrogens (tertiary/aromatic N) is 4. The molecule has 1 aliphatic carbocycles. The van der Waals surface area contributed by atoms with Crippen LogP contribution in [0.1, 0.15) is 25.2 Å². The number of carbonyl (C=O) groups is 1. The normalized spacial score (nSPS) is 19.3. The summed E-state index contributed by atoms with van der Waals surface area (Å²) in [5.74, 6) is 0.161. The Hall–Kier alpha value is -3.08. The number of nitrogens with one attached hydrogen (secondary N) is 2. The molecule has 3 heterocycles. The fourth-order valence-corrected chi connectivity index (χ4v) is 4.30. The molecule has 8 nitrogen and oxygen atoms in total. The quantitative estimate of drug-likeness (QED) is 0.560. The highest BCUT2D eigenvalue weighted by Gasteiger charge is 2.32. The lowest BCUT2D eigenvalue weighted by Gasteiger charge is -2.16. The van der Waals surface area contributed by atoms with Crippen LogP contribution in [-0.4, -0.2) is 57.9 Å². The number of fused-ring (bicyclic) bond motifs is 1. The van der Waals surface area contributed by atoms with E-state index >= 15 is 0 Å². The molecule has 2 N–H and O–H groups in total. The van der Waals surface area contributed by atoms with Gasteiger partial charge in [-0.2, -0.15) is 18.2 Å². The zero-order valence-electron chi connectivity index (χ0n) is 18.2. The summed E-state index contributed by atoms with van der Waals surface area (Å²) in [5.41, 5.74) is 1.42. The van der Waals surface area contributed by atoms with Crippen molar-refractivity contribution in [1.29, 1.82) is 0 Å². The maximum atomic E-state index is 13.5. The number of hydrogen-bond acceptors (Lipinski definition) is 6. The van der Waals surface area contributed by atoms with Crippen LogP contribution in [0.5, 0.6) is 0 Å². The van der Waals surface area contributed by atoms with Crippen molar-refractivity contribution in [3.05, 3.63) is 30.2 Å². The third-order valence-electron chi connectivity index (χ3n) is 6.09. The summed E-state index contributed by atoms with van der Waals surface area (Å²) in [6.45, 7) is 0.706. The minimum Gasteiger partial charge on any atom is -0.380 e. The van der Waals surface area contributed by atoms with Crippen LogP contribution in [0.2, 0.25) is 0 Å². The zero-order chi connectivity index (χ0) is 23.2. The smallest absolute Gasteiger partial charge is 0.380 e. The molecule has 1 aliphatic heterocycles. The van der Waals surface area contributed by atoms with Crippen molar-refractivity contribution in [2.45, 2.75) is 44.6 Å². The van der Waals surface area contributed by atoms with Gasteiger partial charge < -0.3 is 24.6 Å². The standard InChI is InChI=1S/C22H25F3N6O2/c1-30-8-7-14(11-30)27-16-3-2-4-17-15(16)9-18(31(17)12-22(23,24)25)20-28-19(33-29-20)10-26-21(32)13-5-6-13/h2-4,9,13-14,27H,5-8,10-12H2,1H3,(H,26,32)/t14-/m1/s1. The van der Waals surface area contributed by atoms with E-state index in [1.54, 1.807) is 18.2 Å². The number of benzene rings is 1. The third kappa shape index (κ3) is 4.82. The van der Waals surface area contributed by atoms with Crippen molar-refractivity contribution in [1.82, 2.24) is 24.9 Å². The van der Waals surface area contributed by atoms with Gasteiger partial charge in [0.05, 0.1) is 17.8 Å². The Balaban J connectivity index is 1.47. The van der Waals surface area contributed by atoms with Crippen LogP contribution in [0.3, 0.4) is 0 Å². The summed E-state index contributed by atoms with van der Waals surface area (Å²) in [6.07, 6.45) is -1.73. The summed E-state index contributed by atoms with van der Waals surface area (Å²) in [5, 5.41) is 10.8. The monoisotopic (exact) mass is 462 g/mol. The van der Waals surface area contributed by atoms with Crippen molar-refractivity contribution >= 4 is 22.5 Å². The number of amides is 1. The molecule has 1 atom stereocenters. The Labute approximate surface area is 188 Å². The lowest BCUT2D eigenvalue weighted by Crippen LogP contribution is -2.24. The number of anilines is 1. The maximum absolute atomic E-state index is 13.5. The van der Waals surface area contributed by atoms with E-state index < -0.39 is 12.7 Å². The number of rotatable bonds is 7. The highest BCUT2D eigenvalue weighted by atomic mass is 19.4. The van der Waals surface area contributed by atoms with Gasteiger partial charge in [0.1, 0.15) is 6.54 Å². The largest absolute Gasteiger partial charge is 0.406 e. The Bertz CT molecular complexity index is 1170. The van der Waals surface area contributed by atoms with Gasteiger partial charge in [-0.1, -0.05) is 11.2 Å². The molecule has 11 heteroatoms. The molecule has 1 saturated carbocycles. The van der Waals surface area contributed by atoms with Gasteiger partial charge in [0, 0.05) is 29.6 Å². The summed E-state index contributed by atoms with van der Waals surface area (Å²) in [7, 11) is 2.04. The molecular formula is C22H25F3N6O2. The molecule has 3 aromatic rings. The minimum atomic E-state index is -4.43. The number of likely N-dealkylation sites (tertiary alicyclic amines) is 1. The number of hydrogen-bond donors (Lipinski definition) is 2. The van der Waals surface area contributed by atoms with E-state index in [0.717, 1.165) is 38.0 Å².